The van der Waals surface area contributed by atoms with Crippen LogP contribution in [0, 0.1) is 11.8 Å². The van der Waals surface area contributed by atoms with Crippen molar-refractivity contribution < 1.29 is 0 Å². The Morgan fingerprint density at radius 2 is 2.17 bits per heavy atom. The lowest BCUT2D eigenvalue weighted by atomic mass is 9.93. The van der Waals surface area contributed by atoms with Crippen molar-refractivity contribution in [1.29, 1.82) is 0 Å². The summed E-state index contributed by atoms with van der Waals surface area (Å²) in [6.07, 6.45) is 5.83. The molecule has 0 aliphatic heterocycles. The van der Waals surface area contributed by atoms with E-state index in [4.69, 9.17) is 5.73 Å². The van der Waals surface area contributed by atoms with E-state index in [1.165, 1.54) is 18.4 Å². The molecule has 1 fully saturated rings. The number of nitrogens with zero attached hydrogens (tertiary/aromatic N) is 1. The molecule has 0 saturated heterocycles. The molecule has 1 aromatic carbocycles. The first-order valence-corrected chi connectivity index (χ1v) is 8.33. The largest absolute Gasteiger partial charge is 0.388 e. The highest BCUT2D eigenvalue weighted by Gasteiger charge is 2.28. The second-order valence-electron chi connectivity index (χ2n) is 6.08. The SMILES string of the molecule is C=C=C(/C=C(\C(C)CC)C1CC1)N=C(N)c1ccccc1NC. The standard InChI is InChI=1S/C20H27N3/c1-5-14(3)18(15-11-12-15)13-16(6-2)23-20(21)17-9-7-8-10-19(17)22-4/h7-10,13-15,22H,2,5,11-12H2,1,3-4H3,(H2,21,23)/b18-13+. The predicted octanol–water partition coefficient (Wildman–Crippen LogP) is 4.48. The zero-order valence-corrected chi connectivity index (χ0v) is 14.4. The number of hydrogen-bond acceptors (Lipinski definition) is 2. The summed E-state index contributed by atoms with van der Waals surface area (Å²) in [5.74, 6) is 1.75. The molecular weight excluding hydrogens is 282 g/mol. The van der Waals surface area contributed by atoms with Crippen molar-refractivity contribution in [3.8, 4) is 0 Å². The van der Waals surface area contributed by atoms with Gasteiger partial charge in [-0.25, -0.2) is 4.99 Å². The van der Waals surface area contributed by atoms with Crippen LogP contribution < -0.4 is 11.1 Å². The summed E-state index contributed by atoms with van der Waals surface area (Å²) < 4.78 is 0. The van der Waals surface area contributed by atoms with Crippen molar-refractivity contribution in [2.75, 3.05) is 12.4 Å². The molecule has 1 saturated carbocycles. The lowest BCUT2D eigenvalue weighted by molar-refractivity contribution is 0.615. The zero-order chi connectivity index (χ0) is 16.8. The lowest BCUT2D eigenvalue weighted by Crippen LogP contribution is -2.15. The van der Waals surface area contributed by atoms with E-state index in [1.54, 1.807) is 0 Å². The molecule has 0 spiro atoms. The molecule has 0 heterocycles. The van der Waals surface area contributed by atoms with Crippen LogP contribution in [0.15, 0.2) is 58.9 Å². The van der Waals surface area contributed by atoms with Gasteiger partial charge >= 0.3 is 0 Å². The van der Waals surface area contributed by atoms with Gasteiger partial charge in [0.2, 0.25) is 0 Å². The van der Waals surface area contributed by atoms with E-state index in [1.807, 2.05) is 31.3 Å². The quantitative estimate of drug-likeness (QED) is 0.337. The molecule has 3 N–H and O–H groups in total. The third-order valence-electron chi connectivity index (χ3n) is 4.43. The van der Waals surface area contributed by atoms with Crippen molar-refractivity contribution in [3.63, 3.8) is 0 Å². The van der Waals surface area contributed by atoms with E-state index in [0.29, 0.717) is 17.7 Å². The normalized spacial score (nSPS) is 16.7. The van der Waals surface area contributed by atoms with E-state index in [0.717, 1.165) is 23.4 Å². The van der Waals surface area contributed by atoms with Crippen molar-refractivity contribution in [2.24, 2.45) is 22.6 Å². The average molecular weight is 309 g/mol. The minimum Gasteiger partial charge on any atom is -0.388 e. The van der Waals surface area contributed by atoms with Gasteiger partial charge in [0.1, 0.15) is 11.5 Å². The van der Waals surface area contributed by atoms with Gasteiger partial charge in [-0.1, -0.05) is 38.1 Å². The minimum absolute atomic E-state index is 0.483. The first-order chi connectivity index (χ1) is 11.1. The van der Waals surface area contributed by atoms with E-state index in [9.17, 15) is 0 Å². The maximum absolute atomic E-state index is 6.22. The van der Waals surface area contributed by atoms with Gasteiger partial charge in [-0.05, 0) is 49.3 Å². The van der Waals surface area contributed by atoms with Gasteiger partial charge in [0.15, 0.2) is 0 Å². The van der Waals surface area contributed by atoms with Crippen molar-refractivity contribution >= 4 is 11.5 Å². The second-order valence-corrected chi connectivity index (χ2v) is 6.08. The van der Waals surface area contributed by atoms with Crippen LogP contribution in [0.25, 0.3) is 0 Å². The van der Waals surface area contributed by atoms with Crippen molar-refractivity contribution in [1.82, 2.24) is 0 Å². The lowest BCUT2D eigenvalue weighted by Gasteiger charge is -2.13. The number of benzene rings is 1. The average Bonchev–Trinajstić information content (AvgIpc) is 3.42. The van der Waals surface area contributed by atoms with Gasteiger partial charge in [0.05, 0.1) is 0 Å². The maximum atomic E-state index is 6.22. The van der Waals surface area contributed by atoms with E-state index in [2.05, 4.69) is 42.5 Å². The van der Waals surface area contributed by atoms with Crippen molar-refractivity contribution in [3.05, 3.63) is 59.5 Å². The summed E-state index contributed by atoms with van der Waals surface area (Å²) in [4.78, 5) is 4.56. The summed E-state index contributed by atoms with van der Waals surface area (Å²) in [7, 11) is 1.88. The minimum atomic E-state index is 0.483. The topological polar surface area (TPSA) is 50.4 Å². The van der Waals surface area contributed by atoms with Gasteiger partial charge in [0, 0.05) is 18.3 Å². The number of aliphatic imine (C=N–C) groups is 1. The monoisotopic (exact) mass is 309 g/mol. The molecule has 1 unspecified atom stereocenters. The van der Waals surface area contributed by atoms with Crippen LogP contribution in [0.2, 0.25) is 0 Å². The van der Waals surface area contributed by atoms with Crippen LogP contribution in [0.3, 0.4) is 0 Å². The number of hydrogen-bond donors (Lipinski definition) is 2. The maximum Gasteiger partial charge on any atom is 0.134 e. The summed E-state index contributed by atoms with van der Waals surface area (Å²) in [5, 5.41) is 3.14. The summed E-state index contributed by atoms with van der Waals surface area (Å²) in [6, 6.07) is 7.88. The first kappa shape index (κ1) is 17.1. The van der Waals surface area contributed by atoms with Crippen LogP contribution >= 0.6 is 0 Å². The molecule has 1 aliphatic carbocycles. The Bertz CT molecular complexity index is 659. The first-order valence-electron chi connectivity index (χ1n) is 8.33. The van der Waals surface area contributed by atoms with E-state index in [-0.39, 0.29) is 0 Å². The van der Waals surface area contributed by atoms with Crippen LogP contribution in [0.5, 0.6) is 0 Å². The molecule has 2 rings (SSSR count). The summed E-state index contributed by atoms with van der Waals surface area (Å²) >= 11 is 0. The molecule has 0 radical (unpaired) electrons. The number of amidine groups is 1. The molecule has 23 heavy (non-hydrogen) atoms. The summed E-state index contributed by atoms with van der Waals surface area (Å²) in [5.41, 5.74) is 13.2. The Labute approximate surface area is 139 Å². The number of allylic oxidation sites excluding steroid dienone is 2. The summed E-state index contributed by atoms with van der Waals surface area (Å²) in [6.45, 7) is 8.28. The van der Waals surface area contributed by atoms with Crippen molar-refractivity contribution in [2.45, 2.75) is 33.1 Å². The predicted molar refractivity (Wildman–Crippen MR) is 99.6 cm³/mol. The Morgan fingerprint density at radius 1 is 1.48 bits per heavy atom. The fourth-order valence-corrected chi connectivity index (χ4v) is 2.71. The molecule has 3 nitrogen and oxygen atoms in total. The Balaban J connectivity index is 2.32. The molecule has 0 aromatic heterocycles. The van der Waals surface area contributed by atoms with Gasteiger partial charge < -0.3 is 11.1 Å². The Morgan fingerprint density at radius 3 is 2.74 bits per heavy atom. The molecule has 1 aromatic rings. The highest BCUT2D eigenvalue weighted by Crippen LogP contribution is 2.41. The molecule has 3 heteroatoms. The molecule has 0 bridgehead atoms. The number of rotatable bonds is 7. The highest BCUT2D eigenvalue weighted by molar-refractivity contribution is 6.03. The van der Waals surface area contributed by atoms with Crippen LogP contribution in [0.1, 0.15) is 38.7 Å². The fourth-order valence-electron chi connectivity index (χ4n) is 2.71. The number of para-hydroxylation sites is 1. The van der Waals surface area contributed by atoms with Gasteiger partial charge in [-0.3, -0.25) is 0 Å². The number of nitrogens with two attached hydrogens (primary N) is 1. The fraction of sp³-hybridized carbons (Fsp3) is 0.400. The van der Waals surface area contributed by atoms with Gasteiger partial charge in [0.25, 0.3) is 0 Å². The van der Waals surface area contributed by atoms with Crippen LogP contribution in [0.4, 0.5) is 5.69 Å². The van der Waals surface area contributed by atoms with E-state index >= 15 is 0 Å². The van der Waals surface area contributed by atoms with Crippen LogP contribution in [-0.2, 0) is 0 Å². The molecular formula is C20H27N3. The Hall–Kier alpha value is -2.25. The smallest absolute Gasteiger partial charge is 0.134 e. The number of nitrogens with one attached hydrogen (secondary N) is 1. The molecule has 0 amide bonds. The second kappa shape index (κ2) is 7.85. The molecule has 122 valence electrons. The van der Waals surface area contributed by atoms with Gasteiger partial charge in [-0.15, -0.1) is 5.73 Å². The number of anilines is 1. The third-order valence-corrected chi connectivity index (χ3v) is 4.43. The van der Waals surface area contributed by atoms with Crippen LogP contribution in [-0.4, -0.2) is 12.9 Å². The zero-order valence-electron chi connectivity index (χ0n) is 14.4. The van der Waals surface area contributed by atoms with Gasteiger partial charge in [-0.2, -0.15) is 0 Å². The highest BCUT2D eigenvalue weighted by atomic mass is 14.9. The molecule has 1 atom stereocenters. The molecule has 1 aliphatic rings. The Kier molecular flexibility index (Phi) is 5.84. The third kappa shape index (κ3) is 4.37. The van der Waals surface area contributed by atoms with E-state index < -0.39 is 0 Å².